The van der Waals surface area contributed by atoms with E-state index in [0.717, 1.165) is 6.07 Å². The van der Waals surface area contributed by atoms with Gasteiger partial charge in [-0.25, -0.2) is 17.2 Å². The zero-order valence-corrected chi connectivity index (χ0v) is 22.3. The monoisotopic (exact) mass is 543 g/mol. The summed E-state index contributed by atoms with van der Waals surface area (Å²) in [7, 11) is -4.36. The molecule has 202 valence electrons. The van der Waals surface area contributed by atoms with E-state index in [9.17, 15) is 26.8 Å². The van der Waals surface area contributed by atoms with Crippen molar-refractivity contribution in [2.75, 3.05) is 17.4 Å². The lowest BCUT2D eigenvalue weighted by Crippen LogP contribution is -2.51. The highest BCUT2D eigenvalue weighted by atomic mass is 32.2. The highest BCUT2D eigenvalue weighted by molar-refractivity contribution is 7.92. The van der Waals surface area contributed by atoms with E-state index < -0.39 is 46.1 Å². The number of nitrogens with zero attached hydrogens (tertiary/aromatic N) is 2. The SMILES string of the molecule is CC(C)CNC(=O)[C@@H](C)N(Cc1ccc(F)cc1)C(=O)CN(c1ccccc1F)S(=O)(=O)c1ccccc1. The maximum Gasteiger partial charge on any atom is 0.264 e. The van der Waals surface area contributed by atoms with Gasteiger partial charge in [-0.15, -0.1) is 0 Å². The van der Waals surface area contributed by atoms with E-state index in [1.807, 2.05) is 13.8 Å². The van der Waals surface area contributed by atoms with Gasteiger partial charge in [0.1, 0.15) is 24.2 Å². The van der Waals surface area contributed by atoms with Crippen molar-refractivity contribution < 1.29 is 26.8 Å². The topological polar surface area (TPSA) is 86.8 Å². The Hall–Kier alpha value is -3.79. The van der Waals surface area contributed by atoms with Crippen LogP contribution in [0.4, 0.5) is 14.5 Å². The van der Waals surface area contributed by atoms with Crippen LogP contribution in [0.15, 0.2) is 83.8 Å². The number of hydrogen-bond acceptors (Lipinski definition) is 4. The van der Waals surface area contributed by atoms with Gasteiger partial charge in [0.15, 0.2) is 0 Å². The molecule has 0 saturated carbocycles. The number of para-hydroxylation sites is 1. The number of carbonyl (C=O) groups excluding carboxylic acids is 2. The van der Waals surface area contributed by atoms with Gasteiger partial charge < -0.3 is 10.2 Å². The maximum absolute atomic E-state index is 14.9. The van der Waals surface area contributed by atoms with Crippen LogP contribution in [0.2, 0.25) is 0 Å². The van der Waals surface area contributed by atoms with Gasteiger partial charge in [-0.1, -0.05) is 56.3 Å². The third-order valence-electron chi connectivity index (χ3n) is 5.85. The lowest BCUT2D eigenvalue weighted by atomic mass is 10.1. The third kappa shape index (κ3) is 7.16. The minimum absolute atomic E-state index is 0.0914. The molecule has 0 aliphatic rings. The smallest absolute Gasteiger partial charge is 0.264 e. The Labute approximate surface area is 222 Å². The van der Waals surface area contributed by atoms with Crippen molar-refractivity contribution >= 4 is 27.5 Å². The largest absolute Gasteiger partial charge is 0.354 e. The number of carbonyl (C=O) groups is 2. The first-order valence-corrected chi connectivity index (χ1v) is 13.6. The van der Waals surface area contributed by atoms with E-state index in [4.69, 9.17) is 0 Å². The second-order valence-electron chi connectivity index (χ2n) is 9.24. The van der Waals surface area contributed by atoms with Crippen LogP contribution in [0.25, 0.3) is 0 Å². The lowest BCUT2D eigenvalue weighted by molar-refractivity contribution is -0.139. The molecule has 0 aliphatic heterocycles. The number of anilines is 1. The fourth-order valence-electron chi connectivity index (χ4n) is 3.71. The molecular weight excluding hydrogens is 512 g/mol. The molecule has 0 aliphatic carbocycles. The number of sulfonamides is 1. The van der Waals surface area contributed by atoms with Crippen molar-refractivity contribution in [2.45, 2.75) is 38.3 Å². The molecule has 0 fully saturated rings. The molecular formula is C28H31F2N3O4S. The van der Waals surface area contributed by atoms with E-state index in [1.54, 1.807) is 6.07 Å². The first kappa shape index (κ1) is 28.8. The highest BCUT2D eigenvalue weighted by Crippen LogP contribution is 2.26. The summed E-state index contributed by atoms with van der Waals surface area (Å²) in [5, 5.41) is 2.78. The van der Waals surface area contributed by atoms with E-state index >= 15 is 0 Å². The maximum atomic E-state index is 14.9. The Morgan fingerprint density at radius 2 is 1.47 bits per heavy atom. The summed E-state index contributed by atoms with van der Waals surface area (Å²) >= 11 is 0. The van der Waals surface area contributed by atoms with Gasteiger partial charge >= 0.3 is 0 Å². The Bertz CT molecular complexity index is 1350. The van der Waals surface area contributed by atoms with Crippen molar-refractivity contribution in [1.29, 1.82) is 0 Å². The first-order chi connectivity index (χ1) is 18.0. The van der Waals surface area contributed by atoms with Gasteiger partial charge in [0.2, 0.25) is 11.8 Å². The van der Waals surface area contributed by atoms with Crippen LogP contribution in [0.1, 0.15) is 26.3 Å². The molecule has 0 heterocycles. The molecule has 3 aromatic carbocycles. The molecule has 1 atom stereocenters. The molecule has 3 rings (SSSR count). The van der Waals surface area contributed by atoms with Gasteiger partial charge in [0, 0.05) is 13.1 Å². The third-order valence-corrected chi connectivity index (χ3v) is 7.62. The zero-order valence-electron chi connectivity index (χ0n) is 21.5. The quantitative estimate of drug-likeness (QED) is 0.390. The van der Waals surface area contributed by atoms with E-state index in [1.165, 1.54) is 78.6 Å². The van der Waals surface area contributed by atoms with Crippen LogP contribution in [0.3, 0.4) is 0 Å². The summed E-state index contributed by atoms with van der Waals surface area (Å²) in [6, 6.07) is 17.1. The van der Waals surface area contributed by atoms with E-state index in [2.05, 4.69) is 5.32 Å². The average molecular weight is 544 g/mol. The summed E-state index contributed by atoms with van der Waals surface area (Å²) in [6.45, 7) is 4.90. The molecule has 10 heteroatoms. The van der Waals surface area contributed by atoms with Gasteiger partial charge in [0.25, 0.3) is 10.0 Å². The summed E-state index contributed by atoms with van der Waals surface area (Å²) in [5.41, 5.74) is 0.231. The van der Waals surface area contributed by atoms with Crippen LogP contribution in [0.5, 0.6) is 0 Å². The second kappa shape index (κ2) is 12.6. The molecule has 0 unspecified atom stereocenters. The van der Waals surface area contributed by atoms with Crippen LogP contribution in [0, 0.1) is 17.6 Å². The van der Waals surface area contributed by atoms with Crippen LogP contribution >= 0.6 is 0 Å². The molecule has 0 aromatic heterocycles. The number of amides is 2. The van der Waals surface area contributed by atoms with E-state index in [0.29, 0.717) is 16.4 Å². The Kier molecular flexibility index (Phi) is 9.57. The molecule has 7 nitrogen and oxygen atoms in total. The predicted octanol–water partition coefficient (Wildman–Crippen LogP) is 4.35. The van der Waals surface area contributed by atoms with Gasteiger partial charge in [-0.2, -0.15) is 0 Å². The lowest BCUT2D eigenvalue weighted by Gasteiger charge is -2.32. The Morgan fingerprint density at radius 3 is 2.08 bits per heavy atom. The fraction of sp³-hybridized carbons (Fsp3) is 0.286. The van der Waals surface area contributed by atoms with E-state index in [-0.39, 0.29) is 23.0 Å². The predicted molar refractivity (Wildman–Crippen MR) is 142 cm³/mol. The van der Waals surface area contributed by atoms with Gasteiger partial charge in [0.05, 0.1) is 10.6 Å². The molecule has 3 aromatic rings. The minimum atomic E-state index is -4.36. The Balaban J connectivity index is 2.00. The standard InChI is InChI=1S/C28H31F2N3O4S/c1-20(2)17-31-28(35)21(3)32(18-22-13-15-23(29)16-14-22)27(34)19-33(26-12-8-7-11-25(26)30)38(36,37)24-9-5-4-6-10-24/h4-16,20-21H,17-19H2,1-3H3,(H,31,35)/t21-/m1/s1. The average Bonchev–Trinajstić information content (AvgIpc) is 2.90. The first-order valence-electron chi connectivity index (χ1n) is 12.1. The molecule has 1 N–H and O–H groups in total. The van der Waals surface area contributed by atoms with Crippen molar-refractivity contribution in [3.8, 4) is 0 Å². The summed E-state index contributed by atoms with van der Waals surface area (Å²) < 4.78 is 56.2. The van der Waals surface area contributed by atoms with Crippen molar-refractivity contribution in [2.24, 2.45) is 5.92 Å². The van der Waals surface area contributed by atoms with Gasteiger partial charge in [-0.05, 0) is 54.8 Å². The molecule has 0 spiro atoms. The highest BCUT2D eigenvalue weighted by Gasteiger charge is 2.33. The molecule has 38 heavy (non-hydrogen) atoms. The number of halogens is 2. The second-order valence-corrected chi connectivity index (χ2v) is 11.1. The summed E-state index contributed by atoms with van der Waals surface area (Å²) in [5.74, 6) is -2.29. The zero-order chi connectivity index (χ0) is 27.9. The molecule has 0 saturated heterocycles. The number of nitrogens with one attached hydrogen (secondary N) is 1. The van der Waals surface area contributed by atoms with Crippen molar-refractivity contribution in [3.63, 3.8) is 0 Å². The molecule has 2 amide bonds. The van der Waals surface area contributed by atoms with Crippen LogP contribution in [-0.4, -0.2) is 44.3 Å². The van der Waals surface area contributed by atoms with Crippen molar-refractivity contribution in [3.05, 3.63) is 96.1 Å². The number of benzene rings is 3. The fourth-order valence-corrected chi connectivity index (χ4v) is 5.15. The van der Waals surface area contributed by atoms with Gasteiger partial charge in [-0.3, -0.25) is 13.9 Å². The Morgan fingerprint density at radius 1 is 0.868 bits per heavy atom. The number of rotatable bonds is 11. The molecule has 0 radical (unpaired) electrons. The molecule has 0 bridgehead atoms. The normalized spacial score (nSPS) is 12.2. The van der Waals surface area contributed by atoms with Crippen LogP contribution in [-0.2, 0) is 26.2 Å². The number of hydrogen-bond donors (Lipinski definition) is 1. The minimum Gasteiger partial charge on any atom is -0.354 e. The van der Waals surface area contributed by atoms with Crippen molar-refractivity contribution in [1.82, 2.24) is 10.2 Å². The summed E-state index contributed by atoms with van der Waals surface area (Å²) in [6.07, 6.45) is 0. The van der Waals surface area contributed by atoms with Crippen LogP contribution < -0.4 is 9.62 Å². The summed E-state index contributed by atoms with van der Waals surface area (Å²) in [4.78, 5) is 27.7.